The molecule has 0 aromatic rings. The van der Waals surface area contributed by atoms with E-state index in [0.29, 0.717) is 13.2 Å². The molecular weight excluding hydrogens is 462 g/mol. The highest BCUT2D eigenvalue weighted by atomic mass is 16.5. The van der Waals surface area contributed by atoms with E-state index in [-0.39, 0.29) is 6.42 Å². The normalized spacial score (nSPS) is 12.1. The summed E-state index contributed by atoms with van der Waals surface area (Å²) in [5.41, 5.74) is 0. The number of nitrogens with one attached hydrogen (secondary N) is 1. The average molecular weight is 526 g/mol. The second kappa shape index (κ2) is 29.5. The molecule has 220 valence electrons. The van der Waals surface area contributed by atoms with Crippen molar-refractivity contribution in [3.63, 3.8) is 0 Å². The molecular formula is C32H63NO4. The lowest BCUT2D eigenvalue weighted by molar-refractivity contribution is -0.149. The summed E-state index contributed by atoms with van der Waals surface area (Å²) in [5, 5.41) is 12.5. The Morgan fingerprint density at radius 1 is 0.568 bits per heavy atom. The molecule has 0 aromatic heterocycles. The topological polar surface area (TPSA) is 75.6 Å². The molecule has 0 bridgehead atoms. The highest BCUT2D eigenvalue weighted by Crippen LogP contribution is 2.13. The van der Waals surface area contributed by atoms with Gasteiger partial charge in [-0.25, -0.2) is 0 Å². The summed E-state index contributed by atoms with van der Waals surface area (Å²) < 4.78 is 5.29. The van der Waals surface area contributed by atoms with E-state index in [2.05, 4.69) is 19.2 Å². The number of aliphatic carboxylic acids is 1. The smallest absolute Gasteiger partial charge is 0.321 e. The molecule has 0 saturated carbocycles. The molecule has 0 amide bonds. The number of hydrogen-bond donors (Lipinski definition) is 2. The summed E-state index contributed by atoms with van der Waals surface area (Å²) in [4.78, 5) is 23.6. The molecule has 0 aliphatic heterocycles. The molecule has 0 radical (unpaired) electrons. The van der Waals surface area contributed by atoms with Crippen LogP contribution >= 0.6 is 0 Å². The summed E-state index contributed by atoms with van der Waals surface area (Å²) in [7, 11) is 0. The predicted molar refractivity (Wildman–Crippen MR) is 157 cm³/mol. The summed E-state index contributed by atoms with van der Waals surface area (Å²) in [6.45, 7) is 5.56. The molecule has 0 rings (SSSR count). The van der Waals surface area contributed by atoms with Crippen molar-refractivity contribution in [2.45, 2.75) is 180 Å². The molecule has 0 aliphatic rings. The molecule has 37 heavy (non-hydrogen) atoms. The van der Waals surface area contributed by atoms with E-state index in [1.807, 2.05) is 0 Å². The first-order chi connectivity index (χ1) is 18.1. The highest BCUT2D eigenvalue weighted by Gasteiger charge is 2.21. The molecule has 0 aliphatic carbocycles. The van der Waals surface area contributed by atoms with Crippen LogP contribution in [0.5, 0.6) is 0 Å². The molecule has 0 fully saturated rings. The Morgan fingerprint density at radius 2 is 0.919 bits per heavy atom. The minimum Gasteiger partial charge on any atom is -0.480 e. The van der Waals surface area contributed by atoms with Gasteiger partial charge in [0.05, 0.1) is 13.0 Å². The predicted octanol–water partition coefficient (Wildman–Crippen LogP) is 9.36. The Labute approximate surface area is 230 Å². The number of rotatable bonds is 30. The summed E-state index contributed by atoms with van der Waals surface area (Å²) in [6.07, 6.45) is 30.5. The van der Waals surface area contributed by atoms with Crippen LogP contribution in [0, 0.1) is 0 Å². The van der Waals surface area contributed by atoms with Crippen molar-refractivity contribution in [3.8, 4) is 0 Å². The number of carbonyl (C=O) groups is 2. The fraction of sp³-hybridized carbons (Fsp3) is 0.938. The van der Waals surface area contributed by atoms with Crippen molar-refractivity contribution >= 4 is 11.9 Å². The molecule has 0 spiro atoms. The fourth-order valence-corrected chi connectivity index (χ4v) is 4.84. The molecule has 5 heteroatoms. The van der Waals surface area contributed by atoms with Gasteiger partial charge in [-0.2, -0.15) is 0 Å². The first-order valence-electron chi connectivity index (χ1n) is 16.2. The van der Waals surface area contributed by atoms with Gasteiger partial charge in [0.25, 0.3) is 0 Å². The van der Waals surface area contributed by atoms with Crippen molar-refractivity contribution in [1.82, 2.24) is 5.32 Å². The summed E-state index contributed by atoms with van der Waals surface area (Å²) in [6, 6.07) is -0.845. The van der Waals surface area contributed by atoms with Crippen molar-refractivity contribution in [3.05, 3.63) is 0 Å². The standard InChI is InChI=1S/C32H63NO4/c1-3-5-7-9-11-13-15-16-18-20-22-24-26-28-37-31(34)29-30(32(35)36)33-27-25-23-21-19-17-14-12-10-8-6-4-2/h30,33H,3-29H2,1-2H3,(H,35,36). The lowest BCUT2D eigenvalue weighted by Crippen LogP contribution is -2.39. The van der Waals surface area contributed by atoms with Crippen molar-refractivity contribution in [2.75, 3.05) is 13.2 Å². The van der Waals surface area contributed by atoms with Gasteiger partial charge in [-0.05, 0) is 19.4 Å². The van der Waals surface area contributed by atoms with Crippen LogP contribution in [0.1, 0.15) is 174 Å². The number of ether oxygens (including phenoxy) is 1. The lowest BCUT2D eigenvalue weighted by Gasteiger charge is -2.14. The first-order valence-corrected chi connectivity index (χ1v) is 16.2. The molecule has 1 atom stereocenters. The minimum atomic E-state index is -0.971. The maximum absolute atomic E-state index is 12.1. The Balaban J connectivity index is 3.54. The van der Waals surface area contributed by atoms with E-state index in [4.69, 9.17) is 4.74 Å². The molecule has 1 unspecified atom stereocenters. The quantitative estimate of drug-likeness (QED) is 0.0721. The largest absolute Gasteiger partial charge is 0.480 e. The summed E-state index contributed by atoms with van der Waals surface area (Å²) >= 11 is 0. The maximum Gasteiger partial charge on any atom is 0.321 e. The molecule has 2 N–H and O–H groups in total. The van der Waals surface area contributed by atoms with Gasteiger partial charge < -0.3 is 15.2 Å². The zero-order chi connectivity index (χ0) is 27.2. The van der Waals surface area contributed by atoms with Crippen LogP contribution in [0.3, 0.4) is 0 Å². The Bertz CT molecular complexity index is 497. The van der Waals surface area contributed by atoms with Crippen LogP contribution < -0.4 is 5.32 Å². The SMILES string of the molecule is CCCCCCCCCCCCCCCOC(=O)CC(NCCCCCCCCCCCCC)C(=O)O. The van der Waals surface area contributed by atoms with Gasteiger partial charge >= 0.3 is 11.9 Å². The Hall–Kier alpha value is -1.10. The third-order valence-electron chi connectivity index (χ3n) is 7.35. The summed E-state index contributed by atoms with van der Waals surface area (Å²) in [5.74, 6) is -1.38. The van der Waals surface area contributed by atoms with Crippen LogP contribution in [-0.4, -0.2) is 36.2 Å². The maximum atomic E-state index is 12.1. The van der Waals surface area contributed by atoms with Crippen LogP contribution in [-0.2, 0) is 14.3 Å². The van der Waals surface area contributed by atoms with Gasteiger partial charge in [0.1, 0.15) is 6.04 Å². The van der Waals surface area contributed by atoms with Gasteiger partial charge in [0.2, 0.25) is 0 Å². The number of unbranched alkanes of at least 4 members (excludes halogenated alkanes) is 22. The number of carboxylic acid groups (broad SMARTS) is 1. The van der Waals surface area contributed by atoms with Crippen molar-refractivity contribution in [1.29, 1.82) is 0 Å². The zero-order valence-electron chi connectivity index (χ0n) is 24.8. The number of hydrogen-bond acceptors (Lipinski definition) is 4. The lowest BCUT2D eigenvalue weighted by atomic mass is 10.0. The monoisotopic (exact) mass is 525 g/mol. The Morgan fingerprint density at radius 3 is 1.30 bits per heavy atom. The van der Waals surface area contributed by atoms with Crippen LogP contribution in [0.2, 0.25) is 0 Å². The van der Waals surface area contributed by atoms with E-state index in [1.165, 1.54) is 128 Å². The number of carbonyl (C=O) groups excluding carboxylic acids is 1. The van der Waals surface area contributed by atoms with E-state index >= 15 is 0 Å². The van der Waals surface area contributed by atoms with Crippen LogP contribution in [0.15, 0.2) is 0 Å². The van der Waals surface area contributed by atoms with Crippen molar-refractivity contribution < 1.29 is 19.4 Å². The minimum absolute atomic E-state index is 0.0915. The Kier molecular flexibility index (Phi) is 28.6. The van der Waals surface area contributed by atoms with E-state index in [0.717, 1.165) is 25.7 Å². The fourth-order valence-electron chi connectivity index (χ4n) is 4.84. The van der Waals surface area contributed by atoms with Crippen molar-refractivity contribution in [2.24, 2.45) is 0 Å². The number of esters is 1. The van der Waals surface area contributed by atoms with Crippen LogP contribution in [0.4, 0.5) is 0 Å². The van der Waals surface area contributed by atoms with Gasteiger partial charge in [-0.3, -0.25) is 9.59 Å². The third kappa shape index (κ3) is 27.7. The second-order valence-electron chi connectivity index (χ2n) is 11.0. The van der Waals surface area contributed by atoms with Gasteiger partial charge in [-0.1, -0.05) is 155 Å². The molecule has 0 saturated heterocycles. The first kappa shape index (κ1) is 35.9. The van der Waals surface area contributed by atoms with E-state index < -0.39 is 18.0 Å². The van der Waals surface area contributed by atoms with E-state index in [9.17, 15) is 14.7 Å². The van der Waals surface area contributed by atoms with Gasteiger partial charge in [0.15, 0.2) is 0 Å². The molecule has 0 heterocycles. The van der Waals surface area contributed by atoms with Crippen LogP contribution in [0.25, 0.3) is 0 Å². The molecule has 0 aromatic carbocycles. The highest BCUT2D eigenvalue weighted by molar-refractivity contribution is 5.81. The number of carboxylic acids is 1. The third-order valence-corrected chi connectivity index (χ3v) is 7.35. The van der Waals surface area contributed by atoms with E-state index in [1.54, 1.807) is 0 Å². The average Bonchev–Trinajstić information content (AvgIpc) is 2.88. The molecule has 5 nitrogen and oxygen atoms in total. The zero-order valence-corrected chi connectivity index (χ0v) is 24.8. The second-order valence-corrected chi connectivity index (χ2v) is 11.0. The van der Waals surface area contributed by atoms with Gasteiger partial charge in [0, 0.05) is 0 Å². The van der Waals surface area contributed by atoms with Gasteiger partial charge in [-0.15, -0.1) is 0 Å².